The van der Waals surface area contributed by atoms with E-state index in [1.807, 2.05) is 20.8 Å². The maximum atomic E-state index is 13.6. The van der Waals surface area contributed by atoms with Crippen LogP contribution >= 0.6 is 0 Å². The smallest absolute Gasteiger partial charge is 0.254 e. The molecule has 0 aliphatic rings. The van der Waals surface area contributed by atoms with Crippen LogP contribution in [0, 0.1) is 12.7 Å². The van der Waals surface area contributed by atoms with Crippen LogP contribution in [0.3, 0.4) is 0 Å². The fourth-order valence-corrected chi connectivity index (χ4v) is 1.58. The first-order valence-electron chi connectivity index (χ1n) is 6.01. The summed E-state index contributed by atoms with van der Waals surface area (Å²) in [4.78, 5) is 18.3. The Hall–Kier alpha value is -2.17. The summed E-state index contributed by atoms with van der Waals surface area (Å²) in [6.07, 6.45) is 0. The Labute approximate surface area is 110 Å². The zero-order chi connectivity index (χ0) is 14.0. The zero-order valence-corrected chi connectivity index (χ0v) is 11.0. The molecule has 0 saturated carbocycles. The van der Waals surface area contributed by atoms with Gasteiger partial charge in [0.25, 0.3) is 5.56 Å². The minimum atomic E-state index is -0.487. The van der Waals surface area contributed by atoms with E-state index in [1.165, 1.54) is 12.1 Å². The summed E-state index contributed by atoms with van der Waals surface area (Å²) < 4.78 is 18.9. The van der Waals surface area contributed by atoms with Gasteiger partial charge < -0.3 is 9.72 Å². The Morgan fingerprint density at radius 1 is 1.32 bits per heavy atom. The highest BCUT2D eigenvalue weighted by Gasteiger charge is 2.09. The van der Waals surface area contributed by atoms with E-state index >= 15 is 0 Å². The second-order valence-corrected chi connectivity index (χ2v) is 4.66. The van der Waals surface area contributed by atoms with Gasteiger partial charge in [-0.2, -0.15) is 4.98 Å². The summed E-state index contributed by atoms with van der Waals surface area (Å²) in [7, 11) is 0. The maximum Gasteiger partial charge on any atom is 0.254 e. The third-order valence-electron chi connectivity index (χ3n) is 2.58. The van der Waals surface area contributed by atoms with Crippen molar-refractivity contribution in [3.8, 4) is 11.6 Å². The predicted molar refractivity (Wildman–Crippen MR) is 70.2 cm³/mol. The van der Waals surface area contributed by atoms with Gasteiger partial charge in [0.05, 0.1) is 6.07 Å². The minimum Gasteiger partial charge on any atom is -0.436 e. The fourth-order valence-electron chi connectivity index (χ4n) is 1.58. The summed E-state index contributed by atoms with van der Waals surface area (Å²) in [5, 5.41) is 0. The van der Waals surface area contributed by atoms with Crippen LogP contribution in [0.1, 0.15) is 31.2 Å². The van der Waals surface area contributed by atoms with E-state index < -0.39 is 5.82 Å². The van der Waals surface area contributed by atoms with Crippen molar-refractivity contribution in [1.29, 1.82) is 0 Å². The van der Waals surface area contributed by atoms with E-state index in [4.69, 9.17) is 4.74 Å². The van der Waals surface area contributed by atoms with Gasteiger partial charge in [0.1, 0.15) is 5.82 Å². The zero-order valence-electron chi connectivity index (χ0n) is 11.0. The summed E-state index contributed by atoms with van der Waals surface area (Å²) in [6.45, 7) is 5.63. The van der Waals surface area contributed by atoms with Crippen molar-refractivity contribution in [1.82, 2.24) is 9.97 Å². The molecule has 0 bridgehead atoms. The summed E-state index contributed by atoms with van der Waals surface area (Å²) in [6, 6.07) is 5.73. The molecular formula is C14H15FN2O2. The van der Waals surface area contributed by atoms with Crippen LogP contribution in [-0.4, -0.2) is 9.97 Å². The van der Waals surface area contributed by atoms with Crippen LogP contribution < -0.4 is 10.3 Å². The summed E-state index contributed by atoms with van der Waals surface area (Å²) >= 11 is 0. The molecule has 0 unspecified atom stereocenters. The number of benzene rings is 1. The van der Waals surface area contributed by atoms with E-state index in [9.17, 15) is 9.18 Å². The largest absolute Gasteiger partial charge is 0.436 e. The Bertz CT molecular complexity index is 650. The van der Waals surface area contributed by atoms with Crippen molar-refractivity contribution in [2.75, 3.05) is 0 Å². The third-order valence-corrected chi connectivity index (χ3v) is 2.58. The average molecular weight is 262 g/mol. The first-order valence-corrected chi connectivity index (χ1v) is 6.01. The molecule has 0 spiro atoms. The van der Waals surface area contributed by atoms with Crippen molar-refractivity contribution in [3.63, 3.8) is 0 Å². The van der Waals surface area contributed by atoms with Crippen molar-refractivity contribution >= 4 is 0 Å². The van der Waals surface area contributed by atoms with Gasteiger partial charge in [0.15, 0.2) is 11.6 Å². The van der Waals surface area contributed by atoms with Crippen molar-refractivity contribution in [2.24, 2.45) is 0 Å². The van der Waals surface area contributed by atoms with Crippen LogP contribution in [-0.2, 0) is 0 Å². The fraction of sp³-hybridized carbons (Fsp3) is 0.286. The number of ether oxygens (including phenoxy) is 1. The van der Waals surface area contributed by atoms with Gasteiger partial charge in [-0.15, -0.1) is 0 Å². The number of hydrogen-bond acceptors (Lipinski definition) is 3. The Kier molecular flexibility index (Phi) is 3.64. The topological polar surface area (TPSA) is 55.0 Å². The van der Waals surface area contributed by atoms with Crippen molar-refractivity contribution in [3.05, 3.63) is 51.8 Å². The second-order valence-electron chi connectivity index (χ2n) is 4.66. The molecule has 0 atom stereocenters. The van der Waals surface area contributed by atoms with Crippen molar-refractivity contribution < 1.29 is 9.13 Å². The van der Waals surface area contributed by atoms with Crippen LogP contribution in [0.15, 0.2) is 29.1 Å². The van der Waals surface area contributed by atoms with Gasteiger partial charge in [-0.1, -0.05) is 19.9 Å². The van der Waals surface area contributed by atoms with Crippen LogP contribution in [0.2, 0.25) is 0 Å². The van der Waals surface area contributed by atoms with E-state index in [0.29, 0.717) is 5.82 Å². The lowest BCUT2D eigenvalue weighted by Gasteiger charge is -2.09. The van der Waals surface area contributed by atoms with Gasteiger partial charge in [-0.3, -0.25) is 4.79 Å². The first-order chi connectivity index (χ1) is 8.95. The van der Waals surface area contributed by atoms with Gasteiger partial charge in [0.2, 0.25) is 5.88 Å². The van der Waals surface area contributed by atoms with Gasteiger partial charge in [0, 0.05) is 5.92 Å². The molecule has 0 aliphatic heterocycles. The molecule has 1 aromatic carbocycles. The Balaban J connectivity index is 2.38. The highest BCUT2D eigenvalue weighted by atomic mass is 19.1. The number of aromatic amines is 1. The van der Waals surface area contributed by atoms with Gasteiger partial charge >= 0.3 is 0 Å². The molecule has 4 nitrogen and oxygen atoms in total. The predicted octanol–water partition coefficient (Wildman–Crippen LogP) is 3.13. The molecule has 1 heterocycles. The molecule has 19 heavy (non-hydrogen) atoms. The number of hydrogen-bond donors (Lipinski definition) is 1. The normalized spacial score (nSPS) is 10.8. The lowest BCUT2D eigenvalue weighted by Crippen LogP contribution is -2.12. The van der Waals surface area contributed by atoms with Crippen LogP contribution in [0.4, 0.5) is 4.39 Å². The third kappa shape index (κ3) is 3.19. The molecule has 1 N–H and O–H groups in total. The number of rotatable bonds is 3. The quantitative estimate of drug-likeness (QED) is 0.924. The lowest BCUT2D eigenvalue weighted by atomic mass is 10.2. The van der Waals surface area contributed by atoms with E-state index in [0.717, 1.165) is 5.56 Å². The number of aromatic nitrogens is 2. The van der Waals surface area contributed by atoms with E-state index in [1.54, 1.807) is 12.1 Å². The minimum absolute atomic E-state index is 0.0543. The molecule has 2 aromatic rings. The molecule has 5 heteroatoms. The van der Waals surface area contributed by atoms with E-state index in [2.05, 4.69) is 9.97 Å². The highest BCUT2D eigenvalue weighted by molar-refractivity contribution is 5.32. The Morgan fingerprint density at radius 3 is 2.74 bits per heavy atom. The second kappa shape index (κ2) is 5.22. The van der Waals surface area contributed by atoms with E-state index in [-0.39, 0.29) is 23.1 Å². The number of H-pyrrole nitrogens is 1. The molecule has 0 saturated heterocycles. The summed E-state index contributed by atoms with van der Waals surface area (Å²) in [5.74, 6) is 0.234. The number of halogens is 1. The number of aryl methyl sites for hydroxylation is 1. The summed E-state index contributed by atoms with van der Waals surface area (Å²) in [5.41, 5.74) is 0.548. The van der Waals surface area contributed by atoms with Gasteiger partial charge in [-0.25, -0.2) is 4.39 Å². The molecular weight excluding hydrogens is 247 g/mol. The molecule has 0 radical (unpaired) electrons. The molecule has 1 aromatic heterocycles. The lowest BCUT2D eigenvalue weighted by molar-refractivity contribution is 0.422. The average Bonchev–Trinajstić information content (AvgIpc) is 2.33. The molecule has 0 amide bonds. The SMILES string of the molecule is Cc1ccc(F)c(Oc2cc(=O)[nH]c(C(C)C)n2)c1. The van der Waals surface area contributed by atoms with Crippen LogP contribution in [0.5, 0.6) is 11.6 Å². The standard InChI is InChI=1S/C14H15FN2O2/c1-8(2)14-16-12(18)7-13(17-14)19-11-6-9(3)4-5-10(11)15/h4-8H,1-3H3,(H,16,17,18). The molecule has 0 fully saturated rings. The molecule has 0 aliphatic carbocycles. The monoisotopic (exact) mass is 262 g/mol. The maximum absolute atomic E-state index is 13.6. The van der Waals surface area contributed by atoms with Crippen molar-refractivity contribution in [2.45, 2.75) is 26.7 Å². The number of nitrogens with zero attached hydrogens (tertiary/aromatic N) is 1. The van der Waals surface area contributed by atoms with Gasteiger partial charge in [-0.05, 0) is 24.6 Å². The number of nitrogens with one attached hydrogen (secondary N) is 1. The van der Waals surface area contributed by atoms with Crippen LogP contribution in [0.25, 0.3) is 0 Å². The highest BCUT2D eigenvalue weighted by Crippen LogP contribution is 2.23. The Morgan fingerprint density at radius 2 is 2.05 bits per heavy atom. The molecule has 2 rings (SSSR count). The first kappa shape index (κ1) is 13.3. The molecule has 100 valence electrons.